The van der Waals surface area contributed by atoms with E-state index in [1.165, 1.54) is 0 Å². The minimum Gasteiger partial charge on any atom is -0.493 e. The lowest BCUT2D eigenvalue weighted by atomic mass is 10.1. The number of rotatable bonds is 5. The SMILES string of the molecule is O=C(CCOc1ccccc1)N1CCN([C@@H]2CCC[C@H]2O)CC1. The van der Waals surface area contributed by atoms with Crippen molar-refractivity contribution in [2.45, 2.75) is 37.8 Å². The molecule has 2 fully saturated rings. The van der Waals surface area contributed by atoms with Crippen LogP contribution in [0.3, 0.4) is 0 Å². The number of aliphatic hydroxyl groups excluding tert-OH is 1. The lowest BCUT2D eigenvalue weighted by Gasteiger charge is -2.39. The third kappa shape index (κ3) is 4.24. The first-order chi connectivity index (χ1) is 11.2. The predicted octanol–water partition coefficient (Wildman–Crippen LogP) is 1.51. The summed E-state index contributed by atoms with van der Waals surface area (Å²) in [6, 6.07) is 9.89. The number of para-hydroxylation sites is 1. The number of carbonyl (C=O) groups is 1. The number of aliphatic hydroxyl groups is 1. The fraction of sp³-hybridized carbons (Fsp3) is 0.611. The number of hydrogen-bond acceptors (Lipinski definition) is 4. The molecule has 1 heterocycles. The van der Waals surface area contributed by atoms with Gasteiger partial charge in [-0.1, -0.05) is 18.2 Å². The second kappa shape index (κ2) is 7.79. The molecular weight excluding hydrogens is 292 g/mol. The number of benzene rings is 1. The molecule has 5 nitrogen and oxygen atoms in total. The Bertz CT molecular complexity index is 500. The highest BCUT2D eigenvalue weighted by molar-refractivity contribution is 5.76. The molecule has 1 aromatic rings. The molecule has 1 saturated carbocycles. The van der Waals surface area contributed by atoms with E-state index in [2.05, 4.69) is 4.90 Å². The molecular formula is C18H26N2O3. The fourth-order valence-electron chi connectivity index (χ4n) is 3.58. The van der Waals surface area contributed by atoms with Crippen molar-refractivity contribution in [1.82, 2.24) is 9.80 Å². The first-order valence-corrected chi connectivity index (χ1v) is 8.62. The summed E-state index contributed by atoms with van der Waals surface area (Å²) >= 11 is 0. The van der Waals surface area contributed by atoms with Crippen LogP contribution in [0.5, 0.6) is 5.75 Å². The van der Waals surface area contributed by atoms with Crippen LogP contribution >= 0.6 is 0 Å². The number of amides is 1. The molecule has 23 heavy (non-hydrogen) atoms. The predicted molar refractivity (Wildman–Crippen MR) is 88.4 cm³/mol. The number of hydrogen-bond donors (Lipinski definition) is 1. The molecule has 0 bridgehead atoms. The van der Waals surface area contributed by atoms with Crippen molar-refractivity contribution in [2.24, 2.45) is 0 Å². The summed E-state index contributed by atoms with van der Waals surface area (Å²) in [5.74, 6) is 0.966. The summed E-state index contributed by atoms with van der Waals surface area (Å²) < 4.78 is 5.59. The van der Waals surface area contributed by atoms with Gasteiger partial charge in [-0.15, -0.1) is 0 Å². The standard InChI is InChI=1S/C18H26N2O3/c21-17-8-4-7-16(17)19-10-12-20(13-11-19)18(22)9-14-23-15-5-2-1-3-6-15/h1-3,5-6,16-17,21H,4,7-14H2/t16-,17-/m1/s1. The van der Waals surface area contributed by atoms with Gasteiger partial charge in [-0.3, -0.25) is 9.69 Å². The van der Waals surface area contributed by atoms with Gasteiger partial charge in [-0.2, -0.15) is 0 Å². The Morgan fingerprint density at radius 1 is 1.13 bits per heavy atom. The molecule has 0 spiro atoms. The van der Waals surface area contributed by atoms with Crippen molar-refractivity contribution in [3.8, 4) is 5.75 Å². The Kier molecular flexibility index (Phi) is 5.51. The van der Waals surface area contributed by atoms with Crippen molar-refractivity contribution in [2.75, 3.05) is 32.8 Å². The molecule has 0 aromatic heterocycles. The molecule has 1 aromatic carbocycles. The summed E-state index contributed by atoms with van der Waals surface area (Å²) in [7, 11) is 0. The molecule has 2 atom stereocenters. The number of carbonyl (C=O) groups excluding carboxylic acids is 1. The third-order valence-corrected chi connectivity index (χ3v) is 4.91. The van der Waals surface area contributed by atoms with Crippen LogP contribution in [0.1, 0.15) is 25.7 Å². The normalized spacial score (nSPS) is 25.5. The van der Waals surface area contributed by atoms with E-state index in [-0.39, 0.29) is 12.0 Å². The Hall–Kier alpha value is -1.59. The Morgan fingerprint density at radius 3 is 2.52 bits per heavy atom. The maximum Gasteiger partial charge on any atom is 0.226 e. The van der Waals surface area contributed by atoms with E-state index in [0.29, 0.717) is 19.1 Å². The topological polar surface area (TPSA) is 53.0 Å². The first kappa shape index (κ1) is 16.3. The minimum absolute atomic E-state index is 0.160. The summed E-state index contributed by atoms with van der Waals surface area (Å²) in [6.45, 7) is 3.67. The van der Waals surface area contributed by atoms with Gasteiger partial charge in [-0.05, 0) is 31.4 Å². The number of piperazine rings is 1. The smallest absolute Gasteiger partial charge is 0.226 e. The average molecular weight is 318 g/mol. The molecule has 3 rings (SSSR count). The molecule has 1 aliphatic carbocycles. The molecule has 5 heteroatoms. The molecule has 0 radical (unpaired) electrons. The minimum atomic E-state index is -0.184. The van der Waals surface area contributed by atoms with E-state index < -0.39 is 0 Å². The van der Waals surface area contributed by atoms with E-state index in [9.17, 15) is 9.90 Å². The largest absolute Gasteiger partial charge is 0.493 e. The van der Waals surface area contributed by atoms with Gasteiger partial charge in [-0.25, -0.2) is 0 Å². The van der Waals surface area contributed by atoms with Crippen LogP contribution in [0.15, 0.2) is 30.3 Å². The molecule has 1 amide bonds. The summed E-state index contributed by atoms with van der Waals surface area (Å²) in [5, 5.41) is 10.0. The van der Waals surface area contributed by atoms with E-state index in [1.54, 1.807) is 0 Å². The van der Waals surface area contributed by atoms with Crippen molar-refractivity contribution >= 4 is 5.91 Å². The Morgan fingerprint density at radius 2 is 1.87 bits per heavy atom. The van der Waals surface area contributed by atoms with Gasteiger partial charge >= 0.3 is 0 Å². The van der Waals surface area contributed by atoms with Crippen LogP contribution in [0.2, 0.25) is 0 Å². The zero-order chi connectivity index (χ0) is 16.1. The molecule has 2 aliphatic rings. The highest BCUT2D eigenvalue weighted by Crippen LogP contribution is 2.25. The highest BCUT2D eigenvalue weighted by atomic mass is 16.5. The van der Waals surface area contributed by atoms with Crippen LogP contribution in [0.25, 0.3) is 0 Å². The molecule has 1 saturated heterocycles. The van der Waals surface area contributed by atoms with Crippen molar-refractivity contribution < 1.29 is 14.6 Å². The quantitative estimate of drug-likeness (QED) is 0.894. The molecule has 0 unspecified atom stereocenters. The van der Waals surface area contributed by atoms with Gasteiger partial charge in [0.2, 0.25) is 5.91 Å². The summed E-state index contributed by atoms with van der Waals surface area (Å²) in [6.07, 6.45) is 3.35. The number of nitrogens with zero attached hydrogens (tertiary/aromatic N) is 2. The summed E-state index contributed by atoms with van der Waals surface area (Å²) in [5.41, 5.74) is 0. The zero-order valence-corrected chi connectivity index (χ0v) is 13.6. The lowest BCUT2D eigenvalue weighted by Crippen LogP contribution is -2.53. The highest BCUT2D eigenvalue weighted by Gasteiger charge is 2.33. The summed E-state index contributed by atoms with van der Waals surface area (Å²) in [4.78, 5) is 16.5. The van der Waals surface area contributed by atoms with Gasteiger partial charge in [0.1, 0.15) is 5.75 Å². The van der Waals surface area contributed by atoms with Crippen LogP contribution in [-0.2, 0) is 4.79 Å². The Labute approximate surface area is 137 Å². The second-order valence-corrected chi connectivity index (χ2v) is 6.39. The monoisotopic (exact) mass is 318 g/mol. The molecule has 1 aliphatic heterocycles. The van der Waals surface area contributed by atoms with Crippen LogP contribution in [0.4, 0.5) is 0 Å². The maximum atomic E-state index is 12.3. The fourth-order valence-corrected chi connectivity index (χ4v) is 3.58. The van der Waals surface area contributed by atoms with Crippen molar-refractivity contribution in [1.29, 1.82) is 0 Å². The van der Waals surface area contributed by atoms with Crippen LogP contribution in [-0.4, -0.2) is 65.7 Å². The van der Waals surface area contributed by atoms with Gasteiger partial charge in [0.05, 0.1) is 19.1 Å². The van der Waals surface area contributed by atoms with Gasteiger partial charge in [0, 0.05) is 32.2 Å². The van der Waals surface area contributed by atoms with Crippen LogP contribution < -0.4 is 4.74 Å². The van der Waals surface area contributed by atoms with Gasteiger partial charge < -0.3 is 14.7 Å². The van der Waals surface area contributed by atoms with E-state index in [4.69, 9.17) is 4.74 Å². The molecule has 126 valence electrons. The second-order valence-electron chi connectivity index (χ2n) is 6.39. The van der Waals surface area contributed by atoms with E-state index >= 15 is 0 Å². The maximum absolute atomic E-state index is 12.3. The van der Waals surface area contributed by atoms with E-state index in [0.717, 1.165) is 51.2 Å². The first-order valence-electron chi connectivity index (χ1n) is 8.62. The zero-order valence-electron chi connectivity index (χ0n) is 13.6. The Balaban J connectivity index is 1.38. The lowest BCUT2D eigenvalue weighted by molar-refractivity contribution is -0.134. The van der Waals surface area contributed by atoms with Crippen molar-refractivity contribution in [3.63, 3.8) is 0 Å². The number of ether oxygens (including phenoxy) is 1. The van der Waals surface area contributed by atoms with Gasteiger partial charge in [0.15, 0.2) is 0 Å². The average Bonchev–Trinajstić information content (AvgIpc) is 3.02. The third-order valence-electron chi connectivity index (χ3n) is 4.91. The van der Waals surface area contributed by atoms with E-state index in [1.807, 2.05) is 35.2 Å². The van der Waals surface area contributed by atoms with Crippen LogP contribution in [0, 0.1) is 0 Å². The molecule has 1 N–H and O–H groups in total. The van der Waals surface area contributed by atoms with Gasteiger partial charge in [0.25, 0.3) is 0 Å². The van der Waals surface area contributed by atoms with Crippen molar-refractivity contribution in [3.05, 3.63) is 30.3 Å².